The number of hydrogen-bond donors (Lipinski definition) is 2. The van der Waals surface area contributed by atoms with Gasteiger partial charge in [-0.2, -0.15) is 5.10 Å². The Morgan fingerprint density at radius 2 is 2.22 bits per heavy atom. The predicted molar refractivity (Wildman–Crippen MR) is 90.4 cm³/mol. The van der Waals surface area contributed by atoms with Crippen molar-refractivity contribution in [2.24, 2.45) is 7.05 Å². The van der Waals surface area contributed by atoms with Crippen molar-refractivity contribution < 1.29 is 9.53 Å². The van der Waals surface area contributed by atoms with Crippen LogP contribution in [0.3, 0.4) is 0 Å². The molecule has 126 valence electrons. The van der Waals surface area contributed by atoms with Gasteiger partial charge in [0.1, 0.15) is 11.4 Å². The van der Waals surface area contributed by atoms with Crippen molar-refractivity contribution in [2.45, 2.75) is 45.9 Å². The van der Waals surface area contributed by atoms with Crippen LogP contribution in [0.1, 0.15) is 45.0 Å². The number of anilines is 1. The molecule has 8 heteroatoms. The van der Waals surface area contributed by atoms with Gasteiger partial charge < -0.3 is 10.1 Å². The normalized spacial score (nSPS) is 12.9. The van der Waals surface area contributed by atoms with Gasteiger partial charge in [0.15, 0.2) is 0 Å². The van der Waals surface area contributed by atoms with E-state index in [2.05, 4.69) is 20.7 Å². The van der Waals surface area contributed by atoms with E-state index in [9.17, 15) is 4.79 Å². The van der Waals surface area contributed by atoms with Gasteiger partial charge in [-0.15, -0.1) is 11.3 Å². The van der Waals surface area contributed by atoms with E-state index in [4.69, 9.17) is 4.74 Å². The maximum Gasteiger partial charge on any atom is 0.413 e. The lowest BCUT2D eigenvalue weighted by atomic mass is 10.2. The fraction of sp³-hybridized carbons (Fsp3) is 0.533. The third-order valence-electron chi connectivity index (χ3n) is 3.13. The first-order valence-corrected chi connectivity index (χ1v) is 8.33. The number of aryl methyl sites for hydroxylation is 1. The molecule has 0 saturated carbocycles. The highest BCUT2D eigenvalue weighted by molar-refractivity contribution is 7.07. The lowest BCUT2D eigenvalue weighted by molar-refractivity contribution is 0.0634. The molecule has 0 spiro atoms. The topological polar surface area (TPSA) is 81.1 Å². The van der Waals surface area contributed by atoms with E-state index in [-0.39, 0.29) is 6.04 Å². The molecule has 2 aromatic rings. The Morgan fingerprint density at radius 3 is 2.83 bits per heavy atom. The lowest BCUT2D eigenvalue weighted by Gasteiger charge is -2.20. The summed E-state index contributed by atoms with van der Waals surface area (Å²) in [6, 6.07) is 0.121. The van der Waals surface area contributed by atoms with Gasteiger partial charge in [-0.1, -0.05) is 0 Å². The van der Waals surface area contributed by atoms with Crippen LogP contribution in [-0.2, 0) is 18.3 Å². The van der Waals surface area contributed by atoms with Crippen LogP contribution in [0.25, 0.3) is 0 Å². The van der Waals surface area contributed by atoms with E-state index in [1.165, 1.54) is 0 Å². The van der Waals surface area contributed by atoms with E-state index >= 15 is 0 Å². The zero-order valence-electron chi connectivity index (χ0n) is 14.1. The van der Waals surface area contributed by atoms with E-state index < -0.39 is 11.7 Å². The van der Waals surface area contributed by atoms with Gasteiger partial charge in [-0.05, 0) is 27.7 Å². The van der Waals surface area contributed by atoms with Crippen LogP contribution in [0.2, 0.25) is 0 Å². The van der Waals surface area contributed by atoms with Gasteiger partial charge in [0.2, 0.25) is 0 Å². The molecule has 0 aliphatic carbocycles. The lowest BCUT2D eigenvalue weighted by Crippen LogP contribution is -2.28. The number of nitrogens with one attached hydrogen (secondary N) is 2. The summed E-state index contributed by atoms with van der Waals surface area (Å²) in [5, 5.41) is 12.3. The minimum atomic E-state index is -0.541. The van der Waals surface area contributed by atoms with Crippen molar-refractivity contribution in [3.8, 4) is 0 Å². The monoisotopic (exact) mass is 337 g/mol. The zero-order chi connectivity index (χ0) is 17.0. The molecule has 2 aromatic heterocycles. The number of amides is 1. The van der Waals surface area contributed by atoms with Crippen molar-refractivity contribution in [1.82, 2.24) is 20.1 Å². The van der Waals surface area contributed by atoms with E-state index in [1.807, 2.05) is 38.6 Å². The molecule has 1 unspecified atom stereocenters. The predicted octanol–water partition coefficient (Wildman–Crippen LogP) is 3.07. The van der Waals surface area contributed by atoms with Crippen molar-refractivity contribution >= 4 is 23.2 Å². The summed E-state index contributed by atoms with van der Waals surface area (Å²) in [4.78, 5) is 16.2. The molecule has 0 aromatic carbocycles. The van der Waals surface area contributed by atoms with Gasteiger partial charge in [0, 0.05) is 30.6 Å². The second-order valence-electron chi connectivity index (χ2n) is 6.28. The Labute approximate surface area is 140 Å². The zero-order valence-corrected chi connectivity index (χ0v) is 14.9. The van der Waals surface area contributed by atoms with Crippen molar-refractivity contribution in [1.29, 1.82) is 0 Å². The van der Waals surface area contributed by atoms with Crippen LogP contribution in [-0.4, -0.2) is 26.5 Å². The molecular weight excluding hydrogens is 314 g/mol. The first-order chi connectivity index (χ1) is 10.8. The highest BCUT2D eigenvalue weighted by Crippen LogP contribution is 2.18. The summed E-state index contributed by atoms with van der Waals surface area (Å²) in [5.74, 6) is 0.622. The number of carbonyl (C=O) groups excluding carboxylic acids is 1. The van der Waals surface area contributed by atoms with Crippen LogP contribution in [0.5, 0.6) is 0 Å². The number of ether oxygens (including phenoxy) is 1. The Hall–Kier alpha value is -1.93. The largest absolute Gasteiger partial charge is 0.444 e. The molecule has 1 atom stereocenters. The number of carbonyl (C=O) groups is 1. The molecule has 7 nitrogen and oxygen atoms in total. The summed E-state index contributed by atoms with van der Waals surface area (Å²) < 4.78 is 6.90. The second-order valence-corrected chi connectivity index (χ2v) is 7.00. The molecule has 2 heterocycles. The first kappa shape index (κ1) is 17.4. The molecular formula is C15H23N5O2S. The molecule has 0 aliphatic heterocycles. The van der Waals surface area contributed by atoms with Gasteiger partial charge >= 0.3 is 6.09 Å². The van der Waals surface area contributed by atoms with E-state index in [1.54, 1.807) is 29.3 Å². The highest BCUT2D eigenvalue weighted by atomic mass is 32.1. The molecule has 0 aliphatic rings. The smallest absolute Gasteiger partial charge is 0.413 e. The van der Waals surface area contributed by atoms with Crippen LogP contribution >= 0.6 is 11.3 Å². The SMILES string of the molecule is CC(NCc1cnn(C)c1NC(=O)OC(C)(C)C)c1cscn1. The standard InChI is InChI=1S/C15H23N5O2S/c1-10(12-8-23-9-17-12)16-6-11-7-18-20(5)13(11)19-14(21)22-15(2,3)4/h7-10,16H,6H2,1-5H3,(H,19,21). The molecule has 0 fully saturated rings. The van der Waals surface area contributed by atoms with Crippen LogP contribution in [0, 0.1) is 0 Å². The van der Waals surface area contributed by atoms with Gasteiger partial charge in [-0.25, -0.2) is 9.78 Å². The van der Waals surface area contributed by atoms with Crippen LogP contribution < -0.4 is 10.6 Å². The summed E-state index contributed by atoms with van der Waals surface area (Å²) in [6.45, 7) is 8.10. The van der Waals surface area contributed by atoms with Crippen LogP contribution in [0.4, 0.5) is 10.6 Å². The number of thiazole rings is 1. The van der Waals surface area contributed by atoms with Crippen molar-refractivity contribution in [3.05, 3.63) is 28.3 Å². The molecule has 0 saturated heterocycles. The minimum Gasteiger partial charge on any atom is -0.444 e. The molecule has 2 N–H and O–H groups in total. The molecule has 0 bridgehead atoms. The minimum absolute atomic E-state index is 0.121. The second kappa shape index (κ2) is 7.10. The quantitative estimate of drug-likeness (QED) is 0.876. The number of aromatic nitrogens is 3. The Morgan fingerprint density at radius 1 is 1.48 bits per heavy atom. The first-order valence-electron chi connectivity index (χ1n) is 7.38. The van der Waals surface area contributed by atoms with Gasteiger partial charge in [-0.3, -0.25) is 10.00 Å². The van der Waals surface area contributed by atoms with Crippen LogP contribution in [0.15, 0.2) is 17.1 Å². The third kappa shape index (κ3) is 5.04. The summed E-state index contributed by atoms with van der Waals surface area (Å²) in [7, 11) is 1.78. The molecule has 23 heavy (non-hydrogen) atoms. The Kier molecular flexibility index (Phi) is 5.38. The van der Waals surface area contributed by atoms with E-state index in [0.29, 0.717) is 12.4 Å². The maximum atomic E-state index is 12.0. The Bertz CT molecular complexity index is 645. The molecule has 1 amide bonds. The van der Waals surface area contributed by atoms with E-state index in [0.717, 1.165) is 11.3 Å². The third-order valence-corrected chi connectivity index (χ3v) is 3.73. The highest BCUT2D eigenvalue weighted by Gasteiger charge is 2.19. The summed E-state index contributed by atoms with van der Waals surface area (Å²) in [6.07, 6.45) is 1.24. The molecule has 2 rings (SSSR count). The number of rotatable bonds is 5. The maximum absolute atomic E-state index is 12.0. The number of hydrogen-bond acceptors (Lipinski definition) is 6. The average molecular weight is 337 g/mol. The number of nitrogens with zero attached hydrogens (tertiary/aromatic N) is 3. The average Bonchev–Trinajstić information content (AvgIpc) is 3.06. The summed E-state index contributed by atoms with van der Waals surface area (Å²) in [5.41, 5.74) is 3.16. The fourth-order valence-corrected chi connectivity index (χ4v) is 2.63. The van der Waals surface area contributed by atoms with Crippen molar-refractivity contribution in [2.75, 3.05) is 5.32 Å². The summed E-state index contributed by atoms with van der Waals surface area (Å²) >= 11 is 1.57. The fourth-order valence-electron chi connectivity index (χ4n) is 1.98. The molecule has 0 radical (unpaired) electrons. The Balaban J connectivity index is 1.99. The van der Waals surface area contributed by atoms with Gasteiger partial charge in [0.05, 0.1) is 17.4 Å². The van der Waals surface area contributed by atoms with Crippen molar-refractivity contribution in [3.63, 3.8) is 0 Å². The van der Waals surface area contributed by atoms with Gasteiger partial charge in [0.25, 0.3) is 0 Å².